The van der Waals surface area contributed by atoms with Crippen LogP contribution in [0.5, 0.6) is 0 Å². The molecule has 0 aromatic carbocycles. The first-order chi connectivity index (χ1) is 9.38. The number of nitrogens with zero attached hydrogens (tertiary/aromatic N) is 3. The van der Waals surface area contributed by atoms with Crippen molar-refractivity contribution in [3.8, 4) is 0 Å². The number of rotatable bonds is 3. The molecule has 112 valence electrons. The lowest BCUT2D eigenvalue weighted by atomic mass is 10.1. The molecule has 2 amide bonds. The Labute approximate surface area is 117 Å². The van der Waals surface area contributed by atoms with Crippen LogP contribution in [0, 0.1) is 0 Å². The third-order valence-corrected chi connectivity index (χ3v) is 3.89. The Kier molecular flexibility index (Phi) is 4.26. The first kappa shape index (κ1) is 14.8. The summed E-state index contributed by atoms with van der Waals surface area (Å²) < 4.78 is 27.5. The standard InChI is InChI=1S/C11H18N4O4S/c1-8(9-13-14-11(19-9)20(2,17)18)12-10(16)15-6-4-3-5-7-15/h8H,3-7H2,1-2H3,(H,12,16)/t8-/m0/s1. The second kappa shape index (κ2) is 5.78. The van der Waals surface area contributed by atoms with Crippen LogP contribution < -0.4 is 5.32 Å². The van der Waals surface area contributed by atoms with Crippen molar-refractivity contribution in [1.82, 2.24) is 20.4 Å². The fourth-order valence-electron chi connectivity index (χ4n) is 1.98. The molecule has 1 aliphatic rings. The van der Waals surface area contributed by atoms with Gasteiger partial charge in [0.25, 0.3) is 0 Å². The number of carbonyl (C=O) groups is 1. The maximum Gasteiger partial charge on any atom is 0.335 e. The van der Waals surface area contributed by atoms with Crippen LogP contribution in [0.25, 0.3) is 0 Å². The smallest absolute Gasteiger partial charge is 0.335 e. The highest BCUT2D eigenvalue weighted by Gasteiger charge is 2.23. The molecule has 0 spiro atoms. The van der Waals surface area contributed by atoms with Crippen LogP contribution in [-0.4, -0.2) is 48.9 Å². The second-order valence-corrected chi connectivity index (χ2v) is 6.79. The lowest BCUT2D eigenvalue weighted by Gasteiger charge is -2.27. The number of aromatic nitrogens is 2. The first-order valence-electron chi connectivity index (χ1n) is 6.47. The summed E-state index contributed by atoms with van der Waals surface area (Å²) in [6.07, 6.45) is 4.13. The number of sulfone groups is 1. The van der Waals surface area contributed by atoms with Gasteiger partial charge in [-0.1, -0.05) is 5.10 Å². The molecular weight excluding hydrogens is 284 g/mol. The molecule has 1 aliphatic heterocycles. The Morgan fingerprint density at radius 1 is 1.30 bits per heavy atom. The van der Waals surface area contributed by atoms with E-state index in [4.69, 9.17) is 4.42 Å². The van der Waals surface area contributed by atoms with E-state index in [0.29, 0.717) is 0 Å². The van der Waals surface area contributed by atoms with Gasteiger partial charge in [0, 0.05) is 19.3 Å². The molecule has 1 fully saturated rings. The number of nitrogens with one attached hydrogen (secondary N) is 1. The Morgan fingerprint density at radius 3 is 2.50 bits per heavy atom. The predicted octanol–water partition coefficient (Wildman–Crippen LogP) is 0.730. The van der Waals surface area contributed by atoms with Gasteiger partial charge in [0.2, 0.25) is 15.7 Å². The van der Waals surface area contributed by atoms with Crippen molar-refractivity contribution >= 4 is 15.9 Å². The van der Waals surface area contributed by atoms with Gasteiger partial charge in [0.05, 0.1) is 0 Å². The molecule has 8 nitrogen and oxygen atoms in total. The lowest BCUT2D eigenvalue weighted by Crippen LogP contribution is -2.43. The van der Waals surface area contributed by atoms with Crippen LogP contribution in [0.4, 0.5) is 4.79 Å². The first-order valence-corrected chi connectivity index (χ1v) is 8.36. The largest absolute Gasteiger partial charge is 0.410 e. The van der Waals surface area contributed by atoms with Gasteiger partial charge >= 0.3 is 11.3 Å². The van der Waals surface area contributed by atoms with Crippen molar-refractivity contribution in [2.75, 3.05) is 19.3 Å². The maximum atomic E-state index is 12.0. The third kappa shape index (κ3) is 3.47. The molecule has 1 atom stereocenters. The maximum absolute atomic E-state index is 12.0. The number of carbonyl (C=O) groups excluding carboxylic acids is 1. The summed E-state index contributed by atoms with van der Waals surface area (Å²) in [6, 6.07) is -0.733. The van der Waals surface area contributed by atoms with E-state index in [1.165, 1.54) is 0 Å². The average Bonchev–Trinajstić information content (AvgIpc) is 2.89. The van der Waals surface area contributed by atoms with Crippen molar-refractivity contribution in [3.63, 3.8) is 0 Å². The molecule has 9 heteroatoms. The number of urea groups is 1. The number of likely N-dealkylation sites (tertiary alicyclic amines) is 1. The van der Waals surface area contributed by atoms with E-state index in [0.717, 1.165) is 38.6 Å². The zero-order chi connectivity index (χ0) is 14.8. The predicted molar refractivity (Wildman–Crippen MR) is 69.8 cm³/mol. The quantitative estimate of drug-likeness (QED) is 0.882. The van der Waals surface area contributed by atoms with Crippen molar-refractivity contribution in [2.45, 2.75) is 37.5 Å². The summed E-state index contributed by atoms with van der Waals surface area (Å²) in [5.74, 6) is 0.0794. The molecule has 0 saturated carbocycles. The number of hydrogen-bond donors (Lipinski definition) is 1. The molecular formula is C11H18N4O4S. The van der Waals surface area contributed by atoms with Crippen LogP contribution in [0.1, 0.15) is 38.1 Å². The molecule has 2 heterocycles. The average molecular weight is 302 g/mol. The van der Waals surface area contributed by atoms with E-state index in [1.807, 2.05) is 0 Å². The summed E-state index contributed by atoms with van der Waals surface area (Å²) >= 11 is 0. The highest BCUT2D eigenvalue weighted by atomic mass is 32.2. The molecule has 1 saturated heterocycles. The summed E-state index contributed by atoms with van der Waals surface area (Å²) in [7, 11) is -3.53. The lowest BCUT2D eigenvalue weighted by molar-refractivity contribution is 0.181. The molecule has 1 N–H and O–H groups in total. The Hall–Kier alpha value is -1.64. The molecule has 20 heavy (non-hydrogen) atoms. The molecule has 0 aliphatic carbocycles. The fraction of sp³-hybridized carbons (Fsp3) is 0.727. The third-order valence-electron chi connectivity index (χ3n) is 3.09. The minimum absolute atomic E-state index is 0.0794. The normalized spacial score (nSPS) is 17.8. The van der Waals surface area contributed by atoms with Crippen molar-refractivity contribution < 1.29 is 17.6 Å². The Morgan fingerprint density at radius 2 is 1.95 bits per heavy atom. The van der Waals surface area contributed by atoms with E-state index < -0.39 is 21.1 Å². The van der Waals surface area contributed by atoms with Crippen molar-refractivity contribution in [1.29, 1.82) is 0 Å². The highest BCUT2D eigenvalue weighted by molar-refractivity contribution is 7.90. The second-order valence-electron chi connectivity index (χ2n) is 4.90. The van der Waals surface area contributed by atoms with Crippen LogP contribution in [-0.2, 0) is 9.84 Å². The van der Waals surface area contributed by atoms with Crippen LogP contribution >= 0.6 is 0 Å². The van der Waals surface area contributed by atoms with Crippen molar-refractivity contribution in [3.05, 3.63) is 5.89 Å². The van der Waals surface area contributed by atoms with E-state index in [2.05, 4.69) is 15.5 Å². The molecule has 1 aromatic heterocycles. The van der Waals surface area contributed by atoms with Gasteiger partial charge in [-0.3, -0.25) is 0 Å². The van der Waals surface area contributed by atoms with Crippen LogP contribution in [0.2, 0.25) is 0 Å². The Balaban J connectivity index is 1.99. The SMILES string of the molecule is C[C@H](NC(=O)N1CCCCC1)c1nnc(S(C)(=O)=O)o1. The van der Waals surface area contributed by atoms with Gasteiger partial charge in [-0.25, -0.2) is 13.2 Å². The van der Waals surface area contributed by atoms with Gasteiger partial charge in [-0.05, 0) is 26.2 Å². The Bertz CT molecular complexity index is 577. The fourth-order valence-corrected chi connectivity index (χ4v) is 2.41. The van der Waals surface area contributed by atoms with Crippen LogP contribution in [0.15, 0.2) is 9.64 Å². The minimum atomic E-state index is -3.53. The van der Waals surface area contributed by atoms with Crippen molar-refractivity contribution in [2.24, 2.45) is 0 Å². The summed E-state index contributed by atoms with van der Waals surface area (Å²) in [5.41, 5.74) is 0. The van der Waals surface area contributed by atoms with Gasteiger partial charge in [0.1, 0.15) is 6.04 Å². The van der Waals surface area contributed by atoms with E-state index in [-0.39, 0.29) is 11.9 Å². The van der Waals surface area contributed by atoms with Crippen LogP contribution in [0.3, 0.4) is 0 Å². The number of amides is 2. The van der Waals surface area contributed by atoms with E-state index in [9.17, 15) is 13.2 Å². The van der Waals surface area contributed by atoms with E-state index in [1.54, 1.807) is 11.8 Å². The monoisotopic (exact) mass is 302 g/mol. The van der Waals surface area contributed by atoms with Gasteiger partial charge in [-0.2, -0.15) is 0 Å². The van der Waals surface area contributed by atoms with Gasteiger partial charge in [-0.15, -0.1) is 5.10 Å². The molecule has 1 aromatic rings. The number of piperidine rings is 1. The molecule has 0 bridgehead atoms. The summed E-state index contributed by atoms with van der Waals surface area (Å²) in [4.78, 5) is 13.7. The van der Waals surface area contributed by atoms with Gasteiger partial charge < -0.3 is 14.6 Å². The van der Waals surface area contributed by atoms with Gasteiger partial charge in [0.15, 0.2) is 0 Å². The molecule has 0 radical (unpaired) electrons. The zero-order valence-corrected chi connectivity index (χ0v) is 12.3. The summed E-state index contributed by atoms with van der Waals surface area (Å²) in [6.45, 7) is 3.13. The summed E-state index contributed by atoms with van der Waals surface area (Å²) in [5, 5.41) is 9.40. The molecule has 0 unspecified atom stereocenters. The highest BCUT2D eigenvalue weighted by Crippen LogP contribution is 2.15. The van der Waals surface area contributed by atoms with E-state index >= 15 is 0 Å². The zero-order valence-electron chi connectivity index (χ0n) is 11.5. The minimum Gasteiger partial charge on any atom is -0.410 e. The number of hydrogen-bond acceptors (Lipinski definition) is 6. The molecule has 2 rings (SSSR count). The topological polar surface area (TPSA) is 105 Å².